The van der Waals surface area contributed by atoms with E-state index in [1.165, 1.54) is 25.7 Å². The Morgan fingerprint density at radius 2 is 1.94 bits per heavy atom. The number of ether oxygens (including phenoxy) is 1. The van der Waals surface area contributed by atoms with Gasteiger partial charge in [-0.25, -0.2) is 0 Å². The van der Waals surface area contributed by atoms with E-state index in [-0.39, 0.29) is 6.61 Å². The van der Waals surface area contributed by atoms with Crippen LogP contribution in [0, 0.1) is 0 Å². The van der Waals surface area contributed by atoms with Crippen LogP contribution < -0.4 is 5.73 Å². The molecule has 0 heterocycles. The van der Waals surface area contributed by atoms with Crippen LogP contribution in [0.1, 0.15) is 32.1 Å². The standard InChI is InChI=1S/C12H26N2O2/c13-6-3-7-14(8-10-16-11-9-15)12-4-1-2-5-12/h12,15H,1-11,13H2. The summed E-state index contributed by atoms with van der Waals surface area (Å²) in [6.45, 7) is 4.12. The third kappa shape index (κ3) is 5.25. The highest BCUT2D eigenvalue weighted by Gasteiger charge is 2.21. The summed E-state index contributed by atoms with van der Waals surface area (Å²) in [5, 5.41) is 8.63. The van der Waals surface area contributed by atoms with Crippen molar-refractivity contribution in [3.8, 4) is 0 Å². The molecule has 0 aromatic carbocycles. The Morgan fingerprint density at radius 1 is 1.19 bits per heavy atom. The molecular formula is C12H26N2O2. The van der Waals surface area contributed by atoms with Crippen molar-refractivity contribution in [1.29, 1.82) is 0 Å². The van der Waals surface area contributed by atoms with E-state index in [1.54, 1.807) is 0 Å². The molecule has 0 aromatic heterocycles. The number of nitrogens with zero attached hydrogens (tertiary/aromatic N) is 1. The first-order valence-electron chi connectivity index (χ1n) is 6.51. The zero-order valence-corrected chi connectivity index (χ0v) is 10.2. The summed E-state index contributed by atoms with van der Waals surface area (Å²) in [5.74, 6) is 0. The number of hydrogen-bond acceptors (Lipinski definition) is 4. The van der Waals surface area contributed by atoms with Crippen LogP contribution in [0.2, 0.25) is 0 Å². The fourth-order valence-corrected chi connectivity index (χ4v) is 2.39. The van der Waals surface area contributed by atoms with Gasteiger partial charge in [-0.3, -0.25) is 4.90 Å². The molecule has 1 rings (SSSR count). The van der Waals surface area contributed by atoms with Crippen LogP contribution in [0.3, 0.4) is 0 Å². The molecule has 96 valence electrons. The maximum atomic E-state index is 8.63. The molecule has 16 heavy (non-hydrogen) atoms. The molecule has 1 saturated carbocycles. The molecule has 1 aliphatic carbocycles. The first kappa shape index (κ1) is 13.9. The first-order chi connectivity index (χ1) is 7.88. The predicted octanol–water partition coefficient (Wildman–Crippen LogP) is 0.589. The van der Waals surface area contributed by atoms with Gasteiger partial charge in [-0.05, 0) is 32.4 Å². The molecule has 0 unspecified atom stereocenters. The van der Waals surface area contributed by atoms with Crippen LogP contribution in [-0.4, -0.2) is 55.5 Å². The molecule has 0 bridgehead atoms. The Bertz CT molecular complexity index is 161. The third-order valence-electron chi connectivity index (χ3n) is 3.25. The highest BCUT2D eigenvalue weighted by atomic mass is 16.5. The van der Waals surface area contributed by atoms with E-state index in [4.69, 9.17) is 15.6 Å². The summed E-state index contributed by atoms with van der Waals surface area (Å²) in [5.41, 5.74) is 5.56. The van der Waals surface area contributed by atoms with E-state index in [0.29, 0.717) is 6.61 Å². The molecule has 4 heteroatoms. The lowest BCUT2D eigenvalue weighted by Crippen LogP contribution is -2.37. The van der Waals surface area contributed by atoms with Crippen LogP contribution in [0.4, 0.5) is 0 Å². The van der Waals surface area contributed by atoms with Gasteiger partial charge >= 0.3 is 0 Å². The summed E-state index contributed by atoms with van der Waals surface area (Å²) >= 11 is 0. The minimum absolute atomic E-state index is 0.117. The summed E-state index contributed by atoms with van der Waals surface area (Å²) in [7, 11) is 0. The minimum Gasteiger partial charge on any atom is -0.394 e. The molecule has 0 aromatic rings. The topological polar surface area (TPSA) is 58.7 Å². The molecule has 0 saturated heterocycles. The van der Waals surface area contributed by atoms with Crippen LogP contribution in [0.15, 0.2) is 0 Å². The number of hydrogen-bond donors (Lipinski definition) is 2. The Labute approximate surface area is 98.8 Å². The maximum Gasteiger partial charge on any atom is 0.0698 e. The smallest absolute Gasteiger partial charge is 0.0698 e. The van der Waals surface area contributed by atoms with E-state index in [2.05, 4.69) is 4.90 Å². The van der Waals surface area contributed by atoms with Crippen molar-refractivity contribution < 1.29 is 9.84 Å². The van der Waals surface area contributed by atoms with E-state index < -0.39 is 0 Å². The van der Waals surface area contributed by atoms with Crippen molar-refractivity contribution >= 4 is 0 Å². The molecule has 0 radical (unpaired) electrons. The summed E-state index contributed by atoms with van der Waals surface area (Å²) in [6, 6.07) is 0.740. The molecule has 0 aliphatic heterocycles. The molecule has 0 atom stereocenters. The van der Waals surface area contributed by atoms with Gasteiger partial charge in [-0.15, -0.1) is 0 Å². The van der Waals surface area contributed by atoms with Gasteiger partial charge < -0.3 is 15.6 Å². The number of rotatable bonds is 9. The zero-order valence-electron chi connectivity index (χ0n) is 10.2. The fourth-order valence-electron chi connectivity index (χ4n) is 2.39. The second-order valence-electron chi connectivity index (χ2n) is 4.45. The van der Waals surface area contributed by atoms with Gasteiger partial charge in [-0.2, -0.15) is 0 Å². The van der Waals surface area contributed by atoms with E-state index in [9.17, 15) is 0 Å². The fraction of sp³-hybridized carbons (Fsp3) is 1.00. The second kappa shape index (κ2) is 8.93. The molecule has 3 N–H and O–H groups in total. The lowest BCUT2D eigenvalue weighted by atomic mass is 10.2. The molecule has 0 spiro atoms. The number of aliphatic hydroxyl groups is 1. The third-order valence-corrected chi connectivity index (χ3v) is 3.25. The summed E-state index contributed by atoms with van der Waals surface area (Å²) in [4.78, 5) is 2.51. The van der Waals surface area contributed by atoms with Gasteiger partial charge in [0.15, 0.2) is 0 Å². The lowest BCUT2D eigenvalue weighted by Gasteiger charge is -2.28. The van der Waals surface area contributed by atoms with Gasteiger partial charge in [0.25, 0.3) is 0 Å². The van der Waals surface area contributed by atoms with Gasteiger partial charge in [0.1, 0.15) is 0 Å². The van der Waals surface area contributed by atoms with Gasteiger partial charge in [0.2, 0.25) is 0 Å². The SMILES string of the molecule is NCCCN(CCOCCO)C1CCCC1. The van der Waals surface area contributed by atoms with Gasteiger partial charge in [0.05, 0.1) is 19.8 Å². The Morgan fingerprint density at radius 3 is 2.56 bits per heavy atom. The van der Waals surface area contributed by atoms with Crippen LogP contribution in [0.25, 0.3) is 0 Å². The molecule has 0 amide bonds. The van der Waals surface area contributed by atoms with Crippen molar-refractivity contribution in [2.45, 2.75) is 38.1 Å². The largest absolute Gasteiger partial charge is 0.394 e. The number of nitrogens with two attached hydrogens (primary N) is 1. The van der Waals surface area contributed by atoms with Crippen LogP contribution in [0.5, 0.6) is 0 Å². The Hall–Kier alpha value is -0.160. The zero-order chi connectivity index (χ0) is 11.6. The van der Waals surface area contributed by atoms with Crippen LogP contribution in [-0.2, 0) is 4.74 Å². The molecule has 4 nitrogen and oxygen atoms in total. The monoisotopic (exact) mass is 230 g/mol. The van der Waals surface area contributed by atoms with Gasteiger partial charge in [-0.1, -0.05) is 12.8 Å². The summed E-state index contributed by atoms with van der Waals surface area (Å²) in [6.07, 6.45) is 6.44. The molecule has 1 aliphatic rings. The van der Waals surface area contributed by atoms with Crippen molar-refractivity contribution in [3.63, 3.8) is 0 Å². The Kier molecular flexibility index (Phi) is 7.76. The van der Waals surface area contributed by atoms with Crippen molar-refractivity contribution in [2.75, 3.05) is 39.5 Å². The van der Waals surface area contributed by atoms with Gasteiger partial charge in [0, 0.05) is 12.6 Å². The van der Waals surface area contributed by atoms with E-state index in [1.807, 2.05) is 0 Å². The normalized spacial score (nSPS) is 17.4. The average molecular weight is 230 g/mol. The summed E-state index contributed by atoms with van der Waals surface area (Å²) < 4.78 is 5.33. The predicted molar refractivity (Wildman–Crippen MR) is 65.4 cm³/mol. The number of aliphatic hydroxyl groups excluding tert-OH is 1. The van der Waals surface area contributed by atoms with Crippen LogP contribution >= 0.6 is 0 Å². The Balaban J connectivity index is 2.19. The van der Waals surface area contributed by atoms with Crippen molar-refractivity contribution in [3.05, 3.63) is 0 Å². The highest BCUT2D eigenvalue weighted by molar-refractivity contribution is 4.77. The van der Waals surface area contributed by atoms with E-state index in [0.717, 1.165) is 38.7 Å². The average Bonchev–Trinajstić information content (AvgIpc) is 2.82. The maximum absolute atomic E-state index is 8.63. The first-order valence-corrected chi connectivity index (χ1v) is 6.51. The highest BCUT2D eigenvalue weighted by Crippen LogP contribution is 2.23. The van der Waals surface area contributed by atoms with Crippen molar-refractivity contribution in [2.24, 2.45) is 5.73 Å². The minimum atomic E-state index is 0.117. The quantitative estimate of drug-likeness (QED) is 0.569. The second-order valence-corrected chi connectivity index (χ2v) is 4.45. The van der Waals surface area contributed by atoms with E-state index >= 15 is 0 Å². The lowest BCUT2D eigenvalue weighted by molar-refractivity contribution is 0.0633. The molecule has 1 fully saturated rings. The molecular weight excluding hydrogens is 204 g/mol. The van der Waals surface area contributed by atoms with Crippen molar-refractivity contribution in [1.82, 2.24) is 4.90 Å².